The minimum absolute atomic E-state index is 0.0280. The molecule has 0 aromatic heterocycles. The zero-order valence-electron chi connectivity index (χ0n) is 33.4. The van der Waals surface area contributed by atoms with Crippen LogP contribution in [0.2, 0.25) is 0 Å². The van der Waals surface area contributed by atoms with Gasteiger partial charge in [0.1, 0.15) is 42.0 Å². The van der Waals surface area contributed by atoms with Gasteiger partial charge in [-0.3, -0.25) is 33.6 Å². The summed E-state index contributed by atoms with van der Waals surface area (Å²) in [5.41, 5.74) is 18.5. The molecule has 0 heterocycles. The summed E-state index contributed by atoms with van der Waals surface area (Å²) in [6.45, 7) is 4.84. The van der Waals surface area contributed by atoms with E-state index in [1.54, 1.807) is 26.0 Å². The van der Waals surface area contributed by atoms with Gasteiger partial charge in [-0.25, -0.2) is 0 Å². The molecule has 0 bridgehead atoms. The smallest absolute Gasteiger partial charge is 0.244 e. The molecule has 326 valence electrons. The van der Waals surface area contributed by atoms with Crippen LogP contribution in [0.4, 0.5) is 0 Å². The van der Waals surface area contributed by atoms with Crippen molar-refractivity contribution >= 4 is 66.6 Å². The molecule has 2 aromatic rings. The second kappa shape index (κ2) is 25.6. The highest BCUT2D eigenvalue weighted by molar-refractivity contribution is 7.80. The van der Waals surface area contributed by atoms with Crippen molar-refractivity contribution in [2.24, 2.45) is 23.1 Å². The first-order chi connectivity index (χ1) is 27.9. The predicted molar refractivity (Wildman–Crippen MR) is 228 cm³/mol. The van der Waals surface area contributed by atoms with Crippen molar-refractivity contribution in [3.8, 4) is 5.75 Å². The third-order valence-corrected chi connectivity index (χ3v) is 9.92. The lowest BCUT2D eigenvalue weighted by Crippen LogP contribution is -2.61. The number of aromatic hydroxyl groups is 1. The van der Waals surface area contributed by atoms with Gasteiger partial charge < -0.3 is 59.3 Å². The molecule has 0 aliphatic carbocycles. The van der Waals surface area contributed by atoms with E-state index in [1.165, 1.54) is 19.1 Å². The normalized spacial score (nSPS) is 15.2. The van der Waals surface area contributed by atoms with Crippen LogP contribution in [0.1, 0.15) is 51.2 Å². The molecule has 0 spiro atoms. The number of primary amides is 1. The van der Waals surface area contributed by atoms with E-state index in [1.807, 2.05) is 30.3 Å². The Morgan fingerprint density at radius 2 is 1.08 bits per heavy atom. The summed E-state index contributed by atoms with van der Waals surface area (Å²) in [4.78, 5) is 92.7. The molecule has 0 saturated carbocycles. The summed E-state index contributed by atoms with van der Waals surface area (Å²) in [5, 5.41) is 35.1. The van der Waals surface area contributed by atoms with Crippen LogP contribution in [0.25, 0.3) is 0 Å². The molecular weight excluding hydrogens is 803 g/mol. The molecular formula is C39H59N9O9S2. The van der Waals surface area contributed by atoms with E-state index in [-0.39, 0.29) is 36.5 Å². The highest BCUT2D eigenvalue weighted by Crippen LogP contribution is 2.13. The Hall–Kier alpha value is -4.89. The molecule has 2 rings (SSSR count). The van der Waals surface area contributed by atoms with Crippen molar-refractivity contribution in [3.63, 3.8) is 0 Å². The average Bonchev–Trinajstić information content (AvgIpc) is 3.19. The molecule has 0 saturated heterocycles. The lowest BCUT2D eigenvalue weighted by Gasteiger charge is -2.29. The maximum Gasteiger partial charge on any atom is 0.244 e. The van der Waals surface area contributed by atoms with E-state index in [0.717, 1.165) is 5.56 Å². The molecule has 2 aromatic carbocycles. The number of amides is 7. The van der Waals surface area contributed by atoms with Crippen LogP contribution in [-0.4, -0.2) is 118 Å². The summed E-state index contributed by atoms with van der Waals surface area (Å²) >= 11 is 8.39. The van der Waals surface area contributed by atoms with Crippen LogP contribution in [0.5, 0.6) is 5.75 Å². The molecule has 0 unspecified atom stereocenters. The summed E-state index contributed by atoms with van der Waals surface area (Å²) < 4.78 is 0. The second-order valence-corrected chi connectivity index (χ2v) is 15.2. The van der Waals surface area contributed by atoms with Gasteiger partial charge in [-0.2, -0.15) is 25.3 Å². The standard InChI is InChI=1S/C39H59N9O9S2/c1-21(2)31(39(57)46-30(20-59)38(56)48-32(22(3)49)33(42)51)47-35(53)27(11-7-8-16-40)43-36(54)28(18-24-12-14-25(50)15-13-24)44-37(55)29(19-58)45-34(52)26(41)17-23-9-5-4-6-10-23/h4-6,9-10,12-15,21-22,26-32,49-50,58-59H,7-8,11,16-20,40-41H2,1-3H3,(H2,42,51)(H,43,54)(H,44,55)(H,45,52)(H,46,57)(H,47,53)(H,48,56)/t22-,26-,27+,28+,29+,30+,31+,32+/m1/s1. The van der Waals surface area contributed by atoms with Crippen molar-refractivity contribution in [2.75, 3.05) is 18.1 Å². The summed E-state index contributed by atoms with van der Waals surface area (Å²) in [5.74, 6) is -6.43. The summed E-state index contributed by atoms with van der Waals surface area (Å²) in [6, 6.07) is 6.31. The van der Waals surface area contributed by atoms with Crippen LogP contribution in [0.3, 0.4) is 0 Å². The Bertz CT molecular complexity index is 1700. The zero-order chi connectivity index (χ0) is 44.2. The van der Waals surface area contributed by atoms with Gasteiger partial charge >= 0.3 is 0 Å². The van der Waals surface area contributed by atoms with Gasteiger partial charge in [0.2, 0.25) is 41.4 Å². The van der Waals surface area contributed by atoms with Gasteiger partial charge in [-0.15, -0.1) is 0 Å². The van der Waals surface area contributed by atoms with E-state index in [2.05, 4.69) is 57.2 Å². The fourth-order valence-electron chi connectivity index (χ4n) is 5.74. The van der Waals surface area contributed by atoms with Crippen LogP contribution in [0, 0.1) is 5.92 Å². The van der Waals surface area contributed by atoms with Gasteiger partial charge in [0.25, 0.3) is 0 Å². The fourth-order valence-corrected chi connectivity index (χ4v) is 6.26. The molecule has 0 aliphatic heterocycles. The molecule has 59 heavy (non-hydrogen) atoms. The maximum absolute atomic E-state index is 14.0. The molecule has 0 fully saturated rings. The summed E-state index contributed by atoms with van der Waals surface area (Å²) in [7, 11) is 0. The van der Waals surface area contributed by atoms with E-state index >= 15 is 0 Å². The molecule has 14 N–H and O–H groups in total. The highest BCUT2D eigenvalue weighted by atomic mass is 32.1. The quantitative estimate of drug-likeness (QED) is 0.0380. The van der Waals surface area contributed by atoms with E-state index in [9.17, 15) is 43.8 Å². The Balaban J connectivity index is 2.31. The van der Waals surface area contributed by atoms with Gasteiger partial charge in [0.05, 0.1) is 12.1 Å². The highest BCUT2D eigenvalue weighted by Gasteiger charge is 2.34. The monoisotopic (exact) mass is 861 g/mol. The van der Waals surface area contributed by atoms with Gasteiger partial charge in [-0.05, 0) is 68.3 Å². The van der Waals surface area contributed by atoms with Crippen LogP contribution < -0.4 is 49.1 Å². The van der Waals surface area contributed by atoms with Crippen molar-refractivity contribution < 1.29 is 43.8 Å². The first-order valence-electron chi connectivity index (χ1n) is 19.2. The number of unbranched alkanes of at least 4 members (excludes halogenated alkanes) is 1. The number of hydrogen-bond donors (Lipinski definition) is 13. The third-order valence-electron chi connectivity index (χ3n) is 9.19. The van der Waals surface area contributed by atoms with Crippen LogP contribution in [0.15, 0.2) is 54.6 Å². The van der Waals surface area contributed by atoms with Crippen molar-refractivity contribution in [1.82, 2.24) is 31.9 Å². The SMILES string of the molecule is CC(C)[C@H](NC(=O)[C@H](CCCCN)NC(=O)[C@H](Cc1ccc(O)cc1)NC(=O)[C@H](CS)NC(=O)[C@H](N)Cc1ccccc1)C(=O)N[C@@H](CS)C(=O)N[C@H](C(N)=O)[C@@H](C)O. The second-order valence-electron chi connectivity index (χ2n) is 14.4. The number of nitrogens with one attached hydrogen (secondary N) is 6. The minimum atomic E-state index is -1.44. The Morgan fingerprint density at radius 1 is 0.610 bits per heavy atom. The molecule has 7 amide bonds. The predicted octanol–water partition coefficient (Wildman–Crippen LogP) is -2.08. The number of carbonyl (C=O) groups excluding carboxylic acids is 7. The average molecular weight is 862 g/mol. The first-order valence-corrected chi connectivity index (χ1v) is 20.5. The van der Waals surface area contributed by atoms with Gasteiger partial charge in [0.15, 0.2) is 0 Å². The van der Waals surface area contributed by atoms with Crippen molar-refractivity contribution in [2.45, 2.75) is 101 Å². The number of thiol groups is 2. The number of nitrogens with two attached hydrogens (primary N) is 3. The van der Waals surface area contributed by atoms with Gasteiger partial charge in [0, 0.05) is 17.9 Å². The third kappa shape index (κ3) is 17.1. The van der Waals surface area contributed by atoms with Crippen molar-refractivity contribution in [3.05, 3.63) is 65.7 Å². The number of aliphatic hydroxyl groups excluding tert-OH is 1. The fraction of sp³-hybridized carbons (Fsp3) is 0.513. The van der Waals surface area contributed by atoms with E-state index in [0.29, 0.717) is 24.9 Å². The maximum atomic E-state index is 14.0. The number of rotatable bonds is 25. The summed E-state index contributed by atoms with van der Waals surface area (Å²) in [6.07, 6.45) is -0.231. The van der Waals surface area contributed by atoms with Gasteiger partial charge in [-0.1, -0.05) is 56.3 Å². The Labute approximate surface area is 355 Å². The van der Waals surface area contributed by atoms with E-state index < -0.39 is 95.7 Å². The number of phenols is 1. The van der Waals surface area contributed by atoms with Crippen molar-refractivity contribution in [1.29, 1.82) is 0 Å². The zero-order valence-corrected chi connectivity index (χ0v) is 35.2. The number of hydrogen-bond acceptors (Lipinski definition) is 13. The molecule has 20 heteroatoms. The Kier molecular flexibility index (Phi) is 21.8. The lowest BCUT2D eigenvalue weighted by atomic mass is 10.0. The molecule has 0 radical (unpaired) electrons. The molecule has 18 nitrogen and oxygen atoms in total. The van der Waals surface area contributed by atoms with E-state index in [4.69, 9.17) is 17.2 Å². The van der Waals surface area contributed by atoms with Crippen LogP contribution in [-0.2, 0) is 46.4 Å². The number of phenolic OH excluding ortho intramolecular Hbond substituents is 1. The number of benzene rings is 2. The topological polar surface area (TPSA) is 310 Å². The molecule has 0 aliphatic rings. The largest absolute Gasteiger partial charge is 0.508 e. The number of carbonyl (C=O) groups is 7. The lowest BCUT2D eigenvalue weighted by molar-refractivity contribution is -0.136. The Morgan fingerprint density at radius 3 is 1.61 bits per heavy atom. The minimum Gasteiger partial charge on any atom is -0.508 e. The number of aliphatic hydroxyl groups is 1. The first kappa shape index (κ1) is 50.3. The molecule has 8 atom stereocenters. The van der Waals surface area contributed by atoms with Crippen LogP contribution >= 0.6 is 25.3 Å².